The number of aromatic amines is 1. The summed E-state index contributed by atoms with van der Waals surface area (Å²) in [6.07, 6.45) is -5.94. The van der Waals surface area contributed by atoms with E-state index in [0.29, 0.717) is 4.57 Å². The lowest BCUT2D eigenvalue weighted by molar-refractivity contribution is -0.120. The number of aliphatic hydroxyl groups excluding tert-OH is 1. The van der Waals surface area contributed by atoms with E-state index in [4.69, 9.17) is 24.9 Å². The van der Waals surface area contributed by atoms with Gasteiger partial charge in [0.1, 0.15) is 11.7 Å². The Morgan fingerprint density at radius 2 is 1.88 bits per heavy atom. The molecule has 186 valence electrons. The van der Waals surface area contributed by atoms with Crippen molar-refractivity contribution in [2.24, 2.45) is 5.11 Å². The Kier molecular flexibility index (Phi) is 8.21. The Hall–Kier alpha value is -1.75. The first-order valence-corrected chi connectivity index (χ1v) is 12.6. The molecule has 0 spiro atoms. The predicted molar refractivity (Wildman–Crippen MR) is 98.9 cm³/mol. The summed E-state index contributed by atoms with van der Waals surface area (Å²) in [6.45, 7) is -2.36. The van der Waals surface area contributed by atoms with Gasteiger partial charge in [0, 0.05) is 17.2 Å². The maximum absolute atomic E-state index is 14.8. The van der Waals surface area contributed by atoms with Crippen LogP contribution in [-0.2, 0) is 31.6 Å². The number of ether oxygens (including phenoxy) is 1. The molecule has 6 atom stereocenters. The van der Waals surface area contributed by atoms with E-state index in [-0.39, 0.29) is 0 Å². The quantitative estimate of drug-likeness (QED) is 0.0911. The summed E-state index contributed by atoms with van der Waals surface area (Å²) in [6, 6.07) is 0.809. The van der Waals surface area contributed by atoms with E-state index in [1.165, 1.54) is 0 Å². The van der Waals surface area contributed by atoms with E-state index in [2.05, 4.69) is 23.2 Å². The van der Waals surface area contributed by atoms with Gasteiger partial charge in [-0.15, -0.1) is 0 Å². The standard InChI is InChI=1S/C10H15FN5O14P3/c11-6-7(18)10(3-13-15-12,28-8(6)16-2-1-5(17)14-9(16)19)4-27-32(23,24)30-33(25,26)29-31(20,21)22/h1-2,6-8,18H,3-4H2,(H,23,24)(H,25,26)(H,14,17,19)(H2,20,21,22)/t6-,7+,8?,10-/m1/s1. The molecule has 0 amide bonds. The molecule has 1 saturated heterocycles. The first-order chi connectivity index (χ1) is 15.0. The van der Waals surface area contributed by atoms with E-state index in [9.17, 15) is 37.7 Å². The Morgan fingerprint density at radius 1 is 1.24 bits per heavy atom. The number of aliphatic hydroxyl groups is 1. The molecule has 2 rings (SSSR count). The predicted octanol–water partition coefficient (Wildman–Crippen LogP) is -0.843. The molecule has 1 fully saturated rings. The molecule has 0 aromatic carbocycles. The van der Waals surface area contributed by atoms with Gasteiger partial charge in [-0.05, 0) is 5.53 Å². The molecule has 1 aromatic heterocycles. The lowest BCUT2D eigenvalue weighted by atomic mass is 9.97. The number of H-pyrrole nitrogens is 1. The number of aromatic nitrogens is 2. The Bertz CT molecular complexity index is 1190. The third-order valence-electron chi connectivity index (χ3n) is 3.88. The van der Waals surface area contributed by atoms with Gasteiger partial charge in [0.2, 0.25) is 0 Å². The number of hydrogen-bond acceptors (Lipinski definition) is 11. The number of nitrogens with one attached hydrogen (secondary N) is 1. The zero-order valence-corrected chi connectivity index (χ0v) is 18.4. The molecule has 1 aliphatic heterocycles. The van der Waals surface area contributed by atoms with Crippen LogP contribution in [0.4, 0.5) is 4.39 Å². The molecular formula is C10H15FN5O14P3. The summed E-state index contributed by atoms with van der Waals surface area (Å²) in [5.74, 6) is 0. The summed E-state index contributed by atoms with van der Waals surface area (Å²) in [5.41, 5.74) is 4.03. The van der Waals surface area contributed by atoms with Crippen molar-refractivity contribution < 1.29 is 60.6 Å². The van der Waals surface area contributed by atoms with Crippen LogP contribution in [0.3, 0.4) is 0 Å². The first kappa shape index (κ1) is 27.5. The van der Waals surface area contributed by atoms with Crippen molar-refractivity contribution in [1.82, 2.24) is 9.55 Å². The second-order valence-corrected chi connectivity index (χ2v) is 10.7. The topological polar surface area (TPSA) is 293 Å². The molecule has 19 nitrogen and oxygen atoms in total. The highest BCUT2D eigenvalue weighted by molar-refractivity contribution is 7.66. The van der Waals surface area contributed by atoms with Gasteiger partial charge in [-0.25, -0.2) is 22.9 Å². The Balaban J connectivity index is 2.31. The van der Waals surface area contributed by atoms with Crippen LogP contribution in [0.1, 0.15) is 6.23 Å². The number of alkyl halides is 1. The van der Waals surface area contributed by atoms with Crippen molar-refractivity contribution in [3.05, 3.63) is 43.5 Å². The van der Waals surface area contributed by atoms with Crippen molar-refractivity contribution in [3.8, 4) is 0 Å². The smallest absolute Gasteiger partial charge is 0.387 e. The van der Waals surface area contributed by atoms with Crippen LogP contribution in [0.5, 0.6) is 0 Å². The maximum atomic E-state index is 14.8. The molecule has 2 heterocycles. The highest BCUT2D eigenvalue weighted by Gasteiger charge is 2.57. The fraction of sp³-hybridized carbons (Fsp3) is 0.600. The minimum atomic E-state index is -5.88. The van der Waals surface area contributed by atoms with Gasteiger partial charge in [0.15, 0.2) is 12.4 Å². The average Bonchev–Trinajstić information content (AvgIpc) is 2.88. The second-order valence-electron chi connectivity index (χ2n) is 6.23. The molecule has 0 saturated carbocycles. The molecular weight excluding hydrogens is 526 g/mol. The number of halogens is 1. The minimum Gasteiger partial charge on any atom is -0.387 e. The Morgan fingerprint density at radius 3 is 2.42 bits per heavy atom. The molecule has 3 unspecified atom stereocenters. The van der Waals surface area contributed by atoms with Crippen molar-refractivity contribution >= 4 is 23.5 Å². The number of nitrogens with zero attached hydrogens (tertiary/aromatic N) is 4. The van der Waals surface area contributed by atoms with Crippen LogP contribution in [0.2, 0.25) is 0 Å². The van der Waals surface area contributed by atoms with Crippen LogP contribution in [0, 0.1) is 0 Å². The highest BCUT2D eigenvalue weighted by Crippen LogP contribution is 2.66. The van der Waals surface area contributed by atoms with Gasteiger partial charge in [-0.3, -0.25) is 18.9 Å². The minimum absolute atomic E-state index is 0.498. The van der Waals surface area contributed by atoms with Gasteiger partial charge >= 0.3 is 29.2 Å². The van der Waals surface area contributed by atoms with E-state index in [1.807, 2.05) is 0 Å². The van der Waals surface area contributed by atoms with Gasteiger partial charge in [0.05, 0.1) is 13.2 Å². The fourth-order valence-electron chi connectivity index (χ4n) is 2.60. The lowest BCUT2D eigenvalue weighted by Gasteiger charge is -2.30. The molecule has 23 heteroatoms. The summed E-state index contributed by atoms with van der Waals surface area (Å²) < 4.78 is 65.9. The number of hydrogen-bond donors (Lipinski definition) is 6. The van der Waals surface area contributed by atoms with Gasteiger partial charge in [-0.2, -0.15) is 8.62 Å². The van der Waals surface area contributed by atoms with Crippen LogP contribution >= 0.6 is 23.5 Å². The summed E-state index contributed by atoms with van der Waals surface area (Å²) in [7, 11) is -17.3. The molecule has 0 radical (unpaired) electrons. The number of phosphoric ester groups is 1. The van der Waals surface area contributed by atoms with E-state index >= 15 is 0 Å². The number of phosphoric acid groups is 3. The van der Waals surface area contributed by atoms with Crippen molar-refractivity contribution in [2.45, 2.75) is 24.1 Å². The number of rotatable bonds is 10. The zero-order valence-electron chi connectivity index (χ0n) is 15.7. The third kappa shape index (κ3) is 7.11. The SMILES string of the molecule is [N-]=[N+]=NC[C@]1(COP(=O)(O)OP(=O)(O)OP(=O)(O)O)OC(n2ccc(=O)[nH]c2=O)[C@H](F)[C@@H]1O. The highest BCUT2D eigenvalue weighted by atomic mass is 31.3. The fourth-order valence-corrected chi connectivity index (χ4v) is 5.68. The van der Waals surface area contributed by atoms with Crippen molar-refractivity contribution in [3.63, 3.8) is 0 Å². The van der Waals surface area contributed by atoms with Crippen LogP contribution < -0.4 is 11.2 Å². The zero-order chi connectivity index (χ0) is 25.2. The molecule has 1 aliphatic rings. The maximum Gasteiger partial charge on any atom is 0.490 e. The summed E-state index contributed by atoms with van der Waals surface area (Å²) in [4.78, 5) is 63.0. The molecule has 0 bridgehead atoms. The van der Waals surface area contributed by atoms with Gasteiger partial charge in [0.25, 0.3) is 5.56 Å². The molecule has 1 aromatic rings. The first-order valence-electron chi connectivity index (χ1n) is 8.11. The van der Waals surface area contributed by atoms with Gasteiger partial charge < -0.3 is 29.4 Å². The summed E-state index contributed by atoms with van der Waals surface area (Å²) >= 11 is 0. The van der Waals surface area contributed by atoms with Crippen molar-refractivity contribution in [2.75, 3.05) is 13.2 Å². The lowest BCUT2D eigenvalue weighted by Crippen LogP contribution is -2.48. The molecule has 33 heavy (non-hydrogen) atoms. The Labute approximate surface area is 180 Å². The second kappa shape index (κ2) is 9.85. The van der Waals surface area contributed by atoms with Gasteiger partial charge in [-0.1, -0.05) is 5.11 Å². The van der Waals surface area contributed by atoms with E-state index in [0.717, 1.165) is 12.3 Å². The van der Waals surface area contributed by atoms with E-state index in [1.54, 1.807) is 4.98 Å². The summed E-state index contributed by atoms with van der Waals surface area (Å²) in [5, 5.41) is 13.4. The average molecular weight is 541 g/mol. The van der Waals surface area contributed by atoms with Crippen LogP contribution in [0.25, 0.3) is 10.4 Å². The molecule has 6 N–H and O–H groups in total. The van der Waals surface area contributed by atoms with Crippen LogP contribution in [-0.4, -0.2) is 65.3 Å². The monoisotopic (exact) mass is 541 g/mol. The van der Waals surface area contributed by atoms with E-state index < -0.39 is 72.0 Å². The largest absolute Gasteiger partial charge is 0.490 e. The number of azide groups is 1. The van der Waals surface area contributed by atoms with Crippen molar-refractivity contribution in [1.29, 1.82) is 0 Å². The van der Waals surface area contributed by atoms with Crippen LogP contribution in [0.15, 0.2) is 27.0 Å². The normalized spacial score (nSPS) is 29.1. The molecule has 0 aliphatic carbocycles. The third-order valence-corrected chi connectivity index (χ3v) is 7.67.